The van der Waals surface area contributed by atoms with Gasteiger partial charge < -0.3 is 4.74 Å². The molecule has 0 aromatic rings. The molecule has 1 rings (SSSR count). The minimum absolute atomic E-state index is 0.0949. The zero-order valence-corrected chi connectivity index (χ0v) is 6.33. The number of carbonyl (C=O) groups excluding carboxylic acids is 1. The fourth-order valence-corrected chi connectivity index (χ4v) is 0.923. The van der Waals surface area contributed by atoms with Gasteiger partial charge >= 0.3 is 0 Å². The SMILES string of the molecule is CC(C)[C@@H]1CC(=O)C=CO1. The monoisotopic (exact) mass is 140 g/mol. The average molecular weight is 140 g/mol. The summed E-state index contributed by atoms with van der Waals surface area (Å²) in [5.74, 6) is 0.596. The third kappa shape index (κ3) is 1.59. The summed E-state index contributed by atoms with van der Waals surface area (Å²) < 4.78 is 5.21. The van der Waals surface area contributed by atoms with Gasteiger partial charge in [-0.1, -0.05) is 13.8 Å². The van der Waals surface area contributed by atoms with Crippen LogP contribution in [0.4, 0.5) is 0 Å². The molecule has 0 saturated carbocycles. The van der Waals surface area contributed by atoms with Gasteiger partial charge in [0.25, 0.3) is 0 Å². The van der Waals surface area contributed by atoms with Crippen molar-refractivity contribution in [2.75, 3.05) is 0 Å². The zero-order chi connectivity index (χ0) is 7.56. The van der Waals surface area contributed by atoms with E-state index in [1.807, 2.05) is 0 Å². The lowest BCUT2D eigenvalue weighted by molar-refractivity contribution is -0.118. The highest BCUT2D eigenvalue weighted by Gasteiger charge is 2.19. The van der Waals surface area contributed by atoms with Gasteiger partial charge in [0, 0.05) is 12.5 Å². The van der Waals surface area contributed by atoms with Crippen LogP contribution in [0.25, 0.3) is 0 Å². The molecule has 1 aliphatic heterocycles. The van der Waals surface area contributed by atoms with Crippen LogP contribution in [0.1, 0.15) is 20.3 Å². The Morgan fingerprint density at radius 2 is 2.40 bits per heavy atom. The molecule has 0 unspecified atom stereocenters. The Morgan fingerprint density at radius 1 is 1.70 bits per heavy atom. The van der Waals surface area contributed by atoms with Gasteiger partial charge in [0.05, 0.1) is 6.26 Å². The number of ketones is 1. The van der Waals surface area contributed by atoms with Gasteiger partial charge in [0.15, 0.2) is 5.78 Å². The average Bonchev–Trinajstić information content (AvgIpc) is 1.88. The first-order valence-electron chi connectivity index (χ1n) is 3.55. The van der Waals surface area contributed by atoms with E-state index in [-0.39, 0.29) is 11.9 Å². The van der Waals surface area contributed by atoms with Crippen LogP contribution in [0.3, 0.4) is 0 Å². The van der Waals surface area contributed by atoms with Crippen molar-refractivity contribution in [2.24, 2.45) is 5.92 Å². The van der Waals surface area contributed by atoms with Crippen molar-refractivity contribution in [1.82, 2.24) is 0 Å². The second kappa shape index (κ2) is 2.86. The first-order valence-corrected chi connectivity index (χ1v) is 3.55. The van der Waals surface area contributed by atoms with E-state index in [0.717, 1.165) is 0 Å². The van der Waals surface area contributed by atoms with Crippen LogP contribution in [0.15, 0.2) is 12.3 Å². The third-order valence-electron chi connectivity index (χ3n) is 1.65. The Morgan fingerprint density at radius 3 is 2.80 bits per heavy atom. The first kappa shape index (κ1) is 7.32. The molecule has 1 atom stereocenters. The van der Waals surface area contributed by atoms with E-state index < -0.39 is 0 Å². The van der Waals surface area contributed by atoms with Gasteiger partial charge in [-0.25, -0.2) is 0 Å². The molecule has 10 heavy (non-hydrogen) atoms. The molecule has 1 aliphatic rings. The lowest BCUT2D eigenvalue weighted by Crippen LogP contribution is -2.23. The molecule has 0 aromatic heterocycles. The van der Waals surface area contributed by atoms with Crippen LogP contribution in [-0.2, 0) is 9.53 Å². The van der Waals surface area contributed by atoms with E-state index in [1.165, 1.54) is 12.3 Å². The summed E-state index contributed by atoms with van der Waals surface area (Å²) in [7, 11) is 0. The molecule has 0 saturated heterocycles. The van der Waals surface area contributed by atoms with Crippen molar-refractivity contribution in [3.8, 4) is 0 Å². The molecule has 0 amide bonds. The summed E-state index contributed by atoms with van der Waals surface area (Å²) in [6.45, 7) is 4.11. The molecule has 0 fully saturated rings. The highest BCUT2D eigenvalue weighted by atomic mass is 16.5. The quantitative estimate of drug-likeness (QED) is 0.552. The van der Waals surface area contributed by atoms with Crippen LogP contribution in [0.5, 0.6) is 0 Å². The molecule has 2 nitrogen and oxygen atoms in total. The lowest BCUT2D eigenvalue weighted by atomic mass is 10.0. The molecular formula is C8H12O2. The molecule has 56 valence electrons. The standard InChI is InChI=1S/C8H12O2/c1-6(2)8-5-7(9)3-4-10-8/h3-4,6,8H,5H2,1-2H3/t8-/m0/s1. The molecule has 0 bridgehead atoms. The minimum Gasteiger partial charge on any atom is -0.497 e. The fraction of sp³-hybridized carbons (Fsp3) is 0.625. The molecule has 0 aliphatic carbocycles. The van der Waals surface area contributed by atoms with E-state index in [0.29, 0.717) is 12.3 Å². The molecule has 2 heteroatoms. The van der Waals surface area contributed by atoms with E-state index in [1.54, 1.807) is 0 Å². The van der Waals surface area contributed by atoms with Crippen molar-refractivity contribution >= 4 is 5.78 Å². The minimum atomic E-state index is 0.0949. The Balaban J connectivity index is 2.52. The van der Waals surface area contributed by atoms with E-state index in [2.05, 4.69) is 13.8 Å². The van der Waals surface area contributed by atoms with Gasteiger partial charge in [-0.15, -0.1) is 0 Å². The van der Waals surface area contributed by atoms with Crippen LogP contribution in [0.2, 0.25) is 0 Å². The number of ether oxygens (including phenoxy) is 1. The smallest absolute Gasteiger partial charge is 0.162 e. The number of carbonyl (C=O) groups is 1. The van der Waals surface area contributed by atoms with E-state index in [4.69, 9.17) is 4.74 Å². The summed E-state index contributed by atoms with van der Waals surface area (Å²) in [4.78, 5) is 10.8. The molecule has 0 aromatic carbocycles. The fourth-order valence-electron chi connectivity index (χ4n) is 0.923. The number of hydrogen-bond acceptors (Lipinski definition) is 2. The summed E-state index contributed by atoms with van der Waals surface area (Å²) in [6, 6.07) is 0. The van der Waals surface area contributed by atoms with Crippen LogP contribution in [0, 0.1) is 5.92 Å². The predicted octanol–water partition coefficient (Wildman–Crippen LogP) is 1.51. The zero-order valence-electron chi connectivity index (χ0n) is 6.33. The Hall–Kier alpha value is -0.790. The topological polar surface area (TPSA) is 26.3 Å². The maximum absolute atomic E-state index is 10.8. The van der Waals surface area contributed by atoms with Gasteiger partial charge in [0.1, 0.15) is 6.10 Å². The van der Waals surface area contributed by atoms with Crippen LogP contribution in [-0.4, -0.2) is 11.9 Å². The normalized spacial score (nSPS) is 25.1. The lowest BCUT2D eigenvalue weighted by Gasteiger charge is -2.21. The van der Waals surface area contributed by atoms with Crippen LogP contribution < -0.4 is 0 Å². The molecule has 0 radical (unpaired) electrons. The summed E-state index contributed by atoms with van der Waals surface area (Å²) in [6.07, 6.45) is 3.61. The number of rotatable bonds is 1. The van der Waals surface area contributed by atoms with Crippen molar-refractivity contribution in [1.29, 1.82) is 0 Å². The Kier molecular flexibility index (Phi) is 2.10. The summed E-state index contributed by atoms with van der Waals surface area (Å²) >= 11 is 0. The van der Waals surface area contributed by atoms with E-state index in [9.17, 15) is 4.79 Å². The van der Waals surface area contributed by atoms with Gasteiger partial charge in [-0.05, 0) is 5.92 Å². The van der Waals surface area contributed by atoms with Gasteiger partial charge in [-0.2, -0.15) is 0 Å². The van der Waals surface area contributed by atoms with Crippen molar-refractivity contribution in [2.45, 2.75) is 26.4 Å². The first-order chi connectivity index (χ1) is 4.70. The number of allylic oxidation sites excluding steroid dienone is 1. The maximum Gasteiger partial charge on any atom is 0.162 e. The predicted molar refractivity (Wildman–Crippen MR) is 38.5 cm³/mol. The maximum atomic E-state index is 10.8. The van der Waals surface area contributed by atoms with E-state index >= 15 is 0 Å². The van der Waals surface area contributed by atoms with Gasteiger partial charge in [0.2, 0.25) is 0 Å². The van der Waals surface area contributed by atoms with Crippen molar-refractivity contribution in [3.05, 3.63) is 12.3 Å². The highest BCUT2D eigenvalue weighted by molar-refractivity contribution is 5.90. The second-order valence-corrected chi connectivity index (χ2v) is 2.89. The summed E-state index contributed by atoms with van der Waals surface area (Å²) in [5, 5.41) is 0. The molecule has 0 N–H and O–H groups in total. The largest absolute Gasteiger partial charge is 0.497 e. The second-order valence-electron chi connectivity index (χ2n) is 2.89. The van der Waals surface area contributed by atoms with Gasteiger partial charge in [-0.3, -0.25) is 4.79 Å². The van der Waals surface area contributed by atoms with Crippen LogP contribution >= 0.6 is 0 Å². The summed E-state index contributed by atoms with van der Waals surface area (Å²) in [5.41, 5.74) is 0. The Bertz CT molecular complexity index is 159. The molecular weight excluding hydrogens is 128 g/mol. The van der Waals surface area contributed by atoms with Crippen molar-refractivity contribution in [3.63, 3.8) is 0 Å². The van der Waals surface area contributed by atoms with Crippen molar-refractivity contribution < 1.29 is 9.53 Å². The third-order valence-corrected chi connectivity index (χ3v) is 1.65. The highest BCUT2D eigenvalue weighted by Crippen LogP contribution is 2.15. The molecule has 0 spiro atoms. The Labute approximate surface area is 60.9 Å². The number of hydrogen-bond donors (Lipinski definition) is 0. The molecule has 1 heterocycles.